The standard InChI is InChI=1S/C13H18ClN3O4/c1-3-20-12(18)11-9-8-17(13(19)21-7-5-14)6-4-10(9)16(2)15-11/h3-8H2,1-2H3. The van der Waals surface area contributed by atoms with Crippen LogP contribution in [0.2, 0.25) is 0 Å². The molecular formula is C13H18ClN3O4. The van der Waals surface area contributed by atoms with Gasteiger partial charge in [0.15, 0.2) is 5.69 Å². The molecule has 7 nitrogen and oxygen atoms in total. The minimum atomic E-state index is -0.467. The minimum Gasteiger partial charge on any atom is -0.461 e. The van der Waals surface area contributed by atoms with Crippen molar-refractivity contribution in [2.24, 2.45) is 7.05 Å². The van der Waals surface area contributed by atoms with Gasteiger partial charge in [0.1, 0.15) is 6.61 Å². The van der Waals surface area contributed by atoms with E-state index in [0.29, 0.717) is 19.5 Å². The van der Waals surface area contributed by atoms with Gasteiger partial charge in [-0.3, -0.25) is 4.68 Å². The predicted molar refractivity (Wildman–Crippen MR) is 75.3 cm³/mol. The first-order valence-corrected chi connectivity index (χ1v) is 7.31. The molecule has 21 heavy (non-hydrogen) atoms. The fourth-order valence-electron chi connectivity index (χ4n) is 2.33. The van der Waals surface area contributed by atoms with Crippen LogP contribution in [0.25, 0.3) is 0 Å². The van der Waals surface area contributed by atoms with Crippen LogP contribution in [0.5, 0.6) is 0 Å². The molecule has 8 heteroatoms. The number of nitrogens with zero attached hydrogens (tertiary/aromatic N) is 3. The van der Waals surface area contributed by atoms with Crippen molar-refractivity contribution in [3.8, 4) is 0 Å². The molecule has 0 fully saturated rings. The van der Waals surface area contributed by atoms with Gasteiger partial charge >= 0.3 is 12.1 Å². The van der Waals surface area contributed by atoms with E-state index in [9.17, 15) is 9.59 Å². The van der Waals surface area contributed by atoms with Crippen LogP contribution in [0.3, 0.4) is 0 Å². The largest absolute Gasteiger partial charge is 0.461 e. The Bertz CT molecular complexity index is 544. The van der Waals surface area contributed by atoms with E-state index in [4.69, 9.17) is 21.1 Å². The molecule has 0 atom stereocenters. The lowest BCUT2D eigenvalue weighted by atomic mass is 10.1. The lowest BCUT2D eigenvalue weighted by molar-refractivity contribution is 0.0514. The number of carbonyl (C=O) groups excluding carboxylic acids is 2. The van der Waals surface area contributed by atoms with Crippen LogP contribution in [-0.2, 0) is 29.5 Å². The van der Waals surface area contributed by atoms with E-state index in [-0.39, 0.29) is 24.8 Å². The zero-order valence-corrected chi connectivity index (χ0v) is 12.9. The zero-order chi connectivity index (χ0) is 15.4. The Morgan fingerprint density at radius 1 is 1.38 bits per heavy atom. The molecule has 0 bridgehead atoms. The molecule has 2 heterocycles. The van der Waals surface area contributed by atoms with E-state index >= 15 is 0 Å². The van der Waals surface area contributed by atoms with E-state index < -0.39 is 12.1 Å². The summed E-state index contributed by atoms with van der Waals surface area (Å²) in [5.74, 6) is -0.212. The van der Waals surface area contributed by atoms with Gasteiger partial charge in [0.2, 0.25) is 0 Å². The smallest absolute Gasteiger partial charge is 0.410 e. The predicted octanol–water partition coefficient (Wildman–Crippen LogP) is 1.33. The average molecular weight is 316 g/mol. The highest BCUT2D eigenvalue weighted by Crippen LogP contribution is 2.23. The van der Waals surface area contributed by atoms with Gasteiger partial charge in [-0.1, -0.05) is 0 Å². The first-order chi connectivity index (χ1) is 10.1. The van der Waals surface area contributed by atoms with E-state index in [0.717, 1.165) is 11.3 Å². The van der Waals surface area contributed by atoms with Gasteiger partial charge in [0.25, 0.3) is 0 Å². The molecular weight excluding hydrogens is 298 g/mol. The summed E-state index contributed by atoms with van der Waals surface area (Å²) in [4.78, 5) is 25.4. The number of carbonyl (C=O) groups is 2. The number of aromatic nitrogens is 2. The quantitative estimate of drug-likeness (QED) is 0.619. The van der Waals surface area contributed by atoms with Crippen molar-refractivity contribution in [2.45, 2.75) is 19.9 Å². The Morgan fingerprint density at radius 2 is 2.14 bits per heavy atom. The van der Waals surface area contributed by atoms with Crippen LogP contribution < -0.4 is 0 Å². The van der Waals surface area contributed by atoms with Crippen LogP contribution in [0, 0.1) is 0 Å². The molecule has 0 spiro atoms. The lowest BCUT2D eigenvalue weighted by Crippen LogP contribution is -2.37. The number of fused-ring (bicyclic) bond motifs is 1. The molecule has 0 saturated carbocycles. The second-order valence-corrected chi connectivity index (χ2v) is 4.97. The first-order valence-electron chi connectivity index (χ1n) is 6.78. The highest BCUT2D eigenvalue weighted by atomic mass is 35.5. The van der Waals surface area contributed by atoms with Crippen molar-refractivity contribution in [1.82, 2.24) is 14.7 Å². The highest BCUT2D eigenvalue weighted by Gasteiger charge is 2.30. The van der Waals surface area contributed by atoms with E-state index in [1.165, 1.54) is 0 Å². The molecule has 0 aliphatic carbocycles. The number of hydrogen-bond donors (Lipinski definition) is 0. The molecule has 1 aromatic heterocycles. The third-order valence-corrected chi connectivity index (χ3v) is 3.43. The Hall–Kier alpha value is -1.76. The molecule has 0 radical (unpaired) electrons. The molecule has 1 aliphatic rings. The lowest BCUT2D eigenvalue weighted by Gasteiger charge is -2.26. The number of halogens is 1. The van der Waals surface area contributed by atoms with E-state index in [1.54, 1.807) is 23.6 Å². The van der Waals surface area contributed by atoms with Crippen molar-refractivity contribution >= 4 is 23.7 Å². The van der Waals surface area contributed by atoms with Gasteiger partial charge in [-0.05, 0) is 6.92 Å². The van der Waals surface area contributed by atoms with Crippen LogP contribution in [0.4, 0.5) is 4.79 Å². The molecule has 1 aromatic rings. The summed E-state index contributed by atoms with van der Waals surface area (Å²) in [5, 5.41) is 4.21. The van der Waals surface area contributed by atoms with Crippen LogP contribution in [0.1, 0.15) is 28.7 Å². The molecule has 0 aromatic carbocycles. The van der Waals surface area contributed by atoms with Gasteiger partial charge in [0.05, 0.1) is 19.0 Å². The topological polar surface area (TPSA) is 73.7 Å². The summed E-state index contributed by atoms with van der Waals surface area (Å²) in [6.45, 7) is 3.00. The van der Waals surface area contributed by atoms with Crippen molar-refractivity contribution in [2.75, 3.05) is 25.6 Å². The maximum atomic E-state index is 11.9. The Balaban J connectivity index is 2.18. The van der Waals surface area contributed by atoms with Crippen molar-refractivity contribution in [3.05, 3.63) is 17.0 Å². The molecule has 0 saturated heterocycles. The van der Waals surface area contributed by atoms with Crippen molar-refractivity contribution < 1.29 is 19.1 Å². The zero-order valence-electron chi connectivity index (χ0n) is 12.1. The normalized spacial score (nSPS) is 13.8. The fourth-order valence-corrected chi connectivity index (χ4v) is 2.41. The summed E-state index contributed by atoms with van der Waals surface area (Å²) in [6.07, 6.45) is 0.189. The van der Waals surface area contributed by atoms with Gasteiger partial charge in [-0.15, -0.1) is 11.6 Å². The number of aryl methyl sites for hydroxylation is 1. The van der Waals surface area contributed by atoms with Gasteiger partial charge in [-0.2, -0.15) is 5.10 Å². The Kier molecular flexibility index (Phi) is 5.06. The summed E-state index contributed by atoms with van der Waals surface area (Å²) in [6, 6.07) is 0. The van der Waals surface area contributed by atoms with Gasteiger partial charge in [-0.25, -0.2) is 9.59 Å². The molecule has 2 rings (SSSR count). The molecule has 0 N–H and O–H groups in total. The number of hydrogen-bond acceptors (Lipinski definition) is 5. The second-order valence-electron chi connectivity index (χ2n) is 4.59. The number of amides is 1. The molecule has 116 valence electrons. The maximum Gasteiger partial charge on any atom is 0.410 e. The number of rotatable bonds is 4. The summed E-state index contributed by atoms with van der Waals surface area (Å²) < 4.78 is 11.7. The second kappa shape index (κ2) is 6.80. The molecule has 0 unspecified atom stereocenters. The molecule has 1 aliphatic heterocycles. The summed E-state index contributed by atoms with van der Waals surface area (Å²) >= 11 is 5.50. The third-order valence-electron chi connectivity index (χ3n) is 3.27. The van der Waals surface area contributed by atoms with E-state index in [2.05, 4.69) is 5.10 Å². The maximum absolute atomic E-state index is 11.9. The monoisotopic (exact) mass is 315 g/mol. The number of alkyl halides is 1. The SMILES string of the molecule is CCOC(=O)c1nn(C)c2c1CN(C(=O)OCCCl)CC2. The van der Waals surface area contributed by atoms with Crippen LogP contribution in [0.15, 0.2) is 0 Å². The van der Waals surface area contributed by atoms with Crippen molar-refractivity contribution in [1.29, 1.82) is 0 Å². The highest BCUT2D eigenvalue weighted by molar-refractivity contribution is 6.18. The minimum absolute atomic E-state index is 0.168. The number of esters is 1. The Morgan fingerprint density at radius 3 is 2.81 bits per heavy atom. The van der Waals surface area contributed by atoms with Crippen LogP contribution in [-0.4, -0.2) is 52.4 Å². The first kappa shape index (κ1) is 15.6. The van der Waals surface area contributed by atoms with Crippen molar-refractivity contribution in [3.63, 3.8) is 0 Å². The number of ether oxygens (including phenoxy) is 2. The third kappa shape index (κ3) is 3.29. The van der Waals surface area contributed by atoms with Crippen LogP contribution >= 0.6 is 11.6 Å². The van der Waals surface area contributed by atoms with Gasteiger partial charge < -0.3 is 14.4 Å². The molecule has 1 amide bonds. The van der Waals surface area contributed by atoms with Gasteiger partial charge in [0, 0.05) is 31.3 Å². The fraction of sp³-hybridized carbons (Fsp3) is 0.615. The Labute approximate surface area is 127 Å². The average Bonchev–Trinajstić information content (AvgIpc) is 2.82. The summed E-state index contributed by atoms with van der Waals surface area (Å²) in [5.41, 5.74) is 1.94. The van der Waals surface area contributed by atoms with E-state index in [1.807, 2.05) is 0 Å². The summed E-state index contributed by atoms with van der Waals surface area (Å²) in [7, 11) is 1.78.